The average Bonchev–Trinajstić information content (AvgIpc) is 3.49. The summed E-state index contributed by atoms with van der Waals surface area (Å²) in [4.78, 5) is 15.7. The van der Waals surface area contributed by atoms with Crippen LogP contribution in [-0.4, -0.2) is 53.5 Å². The van der Waals surface area contributed by atoms with Gasteiger partial charge in [0.2, 0.25) is 5.95 Å². The van der Waals surface area contributed by atoms with Crippen molar-refractivity contribution in [2.45, 2.75) is 19.1 Å². The van der Waals surface area contributed by atoms with E-state index in [9.17, 15) is 8.78 Å². The van der Waals surface area contributed by atoms with E-state index in [1.165, 1.54) is 18.3 Å². The van der Waals surface area contributed by atoms with Gasteiger partial charge >= 0.3 is 0 Å². The van der Waals surface area contributed by atoms with Crippen LogP contribution in [0.15, 0.2) is 55.3 Å². The second kappa shape index (κ2) is 7.55. The van der Waals surface area contributed by atoms with Crippen LogP contribution >= 0.6 is 0 Å². The van der Waals surface area contributed by atoms with E-state index in [-0.39, 0.29) is 23.5 Å². The Labute approximate surface area is 187 Å². The first-order valence-corrected chi connectivity index (χ1v) is 10.4. The minimum atomic E-state index is -0.711. The molecule has 0 amide bonds. The van der Waals surface area contributed by atoms with Gasteiger partial charge in [0, 0.05) is 25.0 Å². The Hall–Kier alpha value is -3.99. The Morgan fingerprint density at radius 1 is 1.18 bits per heavy atom. The van der Waals surface area contributed by atoms with Crippen molar-refractivity contribution in [3.8, 4) is 23.0 Å². The molecule has 3 aromatic heterocycles. The highest BCUT2D eigenvalue weighted by Crippen LogP contribution is 2.41. The number of hydrogen-bond donors (Lipinski definition) is 0. The summed E-state index contributed by atoms with van der Waals surface area (Å²) < 4.78 is 37.3. The molecule has 0 N–H and O–H groups in total. The normalized spacial score (nSPS) is 19.4. The van der Waals surface area contributed by atoms with Gasteiger partial charge in [0.05, 0.1) is 18.4 Å². The van der Waals surface area contributed by atoms with Gasteiger partial charge in [-0.25, -0.2) is 18.7 Å². The van der Waals surface area contributed by atoms with Gasteiger partial charge in [-0.2, -0.15) is 4.98 Å². The molecule has 5 heterocycles. The topological polar surface area (TPSA) is 86.8 Å². The van der Waals surface area contributed by atoms with Crippen LogP contribution in [0.1, 0.15) is 18.8 Å². The molecular formula is C22H18F2N8O. The largest absolute Gasteiger partial charge is 0.370 e. The van der Waals surface area contributed by atoms with E-state index in [0.717, 1.165) is 17.6 Å². The fraction of sp³-hybridized carbons (Fsp3) is 0.227. The Morgan fingerprint density at radius 2 is 2.09 bits per heavy atom. The van der Waals surface area contributed by atoms with Gasteiger partial charge in [-0.05, 0) is 19.1 Å². The average molecular weight is 448 g/mol. The number of aromatic nitrogens is 7. The van der Waals surface area contributed by atoms with Crippen molar-refractivity contribution >= 4 is 5.82 Å². The molecule has 0 saturated carbocycles. The second-order valence-electron chi connectivity index (χ2n) is 7.68. The van der Waals surface area contributed by atoms with E-state index in [4.69, 9.17) is 9.72 Å². The standard InChI is InChI=1S/C22H18F2N8O/c1-2-3-17-18-21-29-27-12-32(21)16-11-26-22(28-20(16)30(18)8-9-33-17)31-7-6-25-19(31)14-5-4-13(23)10-15(14)24/h2-7,10-12,17-18H,8-9H2,1H3. The van der Waals surface area contributed by atoms with Crippen molar-refractivity contribution < 1.29 is 13.5 Å². The lowest BCUT2D eigenvalue weighted by Crippen LogP contribution is -2.48. The summed E-state index contributed by atoms with van der Waals surface area (Å²) >= 11 is 0. The molecule has 0 radical (unpaired) electrons. The molecule has 2 atom stereocenters. The number of allylic oxidation sites excluding steroid dienone is 1. The lowest BCUT2D eigenvalue weighted by Gasteiger charge is -2.43. The third-order valence-corrected chi connectivity index (χ3v) is 5.81. The molecular weight excluding hydrogens is 430 g/mol. The number of rotatable bonds is 3. The monoisotopic (exact) mass is 448 g/mol. The molecule has 1 fully saturated rings. The quantitative estimate of drug-likeness (QED) is 0.445. The third kappa shape index (κ3) is 3.04. The maximum atomic E-state index is 14.5. The molecule has 1 saturated heterocycles. The third-order valence-electron chi connectivity index (χ3n) is 5.81. The fourth-order valence-corrected chi connectivity index (χ4v) is 4.39. The van der Waals surface area contributed by atoms with Gasteiger partial charge < -0.3 is 9.64 Å². The van der Waals surface area contributed by atoms with Crippen LogP contribution in [0.5, 0.6) is 0 Å². The van der Waals surface area contributed by atoms with Crippen LogP contribution in [0, 0.1) is 11.6 Å². The van der Waals surface area contributed by atoms with Crippen molar-refractivity contribution in [2.75, 3.05) is 18.1 Å². The molecule has 166 valence electrons. The fourth-order valence-electron chi connectivity index (χ4n) is 4.39. The molecule has 11 heteroatoms. The van der Waals surface area contributed by atoms with Crippen molar-refractivity contribution in [1.29, 1.82) is 0 Å². The van der Waals surface area contributed by atoms with Crippen LogP contribution in [-0.2, 0) is 4.74 Å². The second-order valence-corrected chi connectivity index (χ2v) is 7.68. The first-order valence-electron chi connectivity index (χ1n) is 10.4. The van der Waals surface area contributed by atoms with Crippen molar-refractivity contribution in [3.05, 3.63) is 72.7 Å². The SMILES string of the molecule is CC=CC1OCCN2c3nc(-n4ccnc4-c4ccc(F)cc4F)ncc3-n3cnnc3C12. The van der Waals surface area contributed by atoms with Crippen molar-refractivity contribution in [1.82, 2.24) is 34.3 Å². The Kier molecular flexibility index (Phi) is 4.50. The molecule has 1 aromatic carbocycles. The first-order chi connectivity index (χ1) is 16.2. The number of hydrogen-bond acceptors (Lipinski definition) is 7. The van der Waals surface area contributed by atoms with Gasteiger partial charge in [0.15, 0.2) is 11.6 Å². The number of nitrogens with zero attached hydrogens (tertiary/aromatic N) is 8. The Balaban J connectivity index is 1.49. The zero-order valence-corrected chi connectivity index (χ0v) is 17.5. The molecule has 33 heavy (non-hydrogen) atoms. The predicted molar refractivity (Wildman–Crippen MR) is 114 cm³/mol. The highest BCUT2D eigenvalue weighted by atomic mass is 19.1. The van der Waals surface area contributed by atoms with Gasteiger partial charge in [0.25, 0.3) is 0 Å². The van der Waals surface area contributed by atoms with Crippen LogP contribution in [0.2, 0.25) is 0 Å². The first kappa shape index (κ1) is 19.7. The van der Waals surface area contributed by atoms with Crippen LogP contribution in [0.25, 0.3) is 23.0 Å². The van der Waals surface area contributed by atoms with E-state index in [2.05, 4.69) is 25.1 Å². The Bertz CT molecular complexity index is 1380. The van der Waals surface area contributed by atoms with Crippen LogP contribution < -0.4 is 4.90 Å². The summed E-state index contributed by atoms with van der Waals surface area (Å²) in [6.07, 6.45) is 10.2. The van der Waals surface area contributed by atoms with Gasteiger partial charge in [0.1, 0.15) is 41.6 Å². The summed E-state index contributed by atoms with van der Waals surface area (Å²) in [7, 11) is 0. The summed E-state index contributed by atoms with van der Waals surface area (Å²) in [6.45, 7) is 3.08. The number of imidazole rings is 1. The molecule has 0 aliphatic carbocycles. The van der Waals surface area contributed by atoms with E-state index < -0.39 is 11.6 Å². The molecule has 2 unspecified atom stereocenters. The molecule has 2 aliphatic heterocycles. The minimum absolute atomic E-state index is 0.154. The maximum absolute atomic E-state index is 14.5. The zero-order valence-electron chi connectivity index (χ0n) is 17.5. The number of anilines is 1. The molecule has 2 aliphatic rings. The lowest BCUT2D eigenvalue weighted by atomic mass is 10.0. The smallest absolute Gasteiger partial charge is 0.237 e. The number of ether oxygens (including phenoxy) is 1. The molecule has 0 bridgehead atoms. The van der Waals surface area contributed by atoms with Gasteiger partial charge in [-0.1, -0.05) is 12.2 Å². The Morgan fingerprint density at radius 3 is 2.94 bits per heavy atom. The molecule has 0 spiro atoms. The highest BCUT2D eigenvalue weighted by molar-refractivity contribution is 5.64. The number of morpholine rings is 1. The molecule has 6 rings (SSSR count). The summed E-state index contributed by atoms with van der Waals surface area (Å²) in [5.41, 5.74) is 0.895. The predicted octanol–water partition coefficient (Wildman–Crippen LogP) is 3.02. The summed E-state index contributed by atoms with van der Waals surface area (Å²) in [5, 5.41) is 8.42. The van der Waals surface area contributed by atoms with Crippen molar-refractivity contribution in [3.63, 3.8) is 0 Å². The van der Waals surface area contributed by atoms with Crippen molar-refractivity contribution in [2.24, 2.45) is 0 Å². The van der Waals surface area contributed by atoms with E-state index in [1.807, 2.05) is 23.6 Å². The number of halogens is 2. The van der Waals surface area contributed by atoms with E-state index in [0.29, 0.717) is 24.9 Å². The summed E-state index contributed by atoms with van der Waals surface area (Å²) in [6, 6.07) is 3.17. The van der Waals surface area contributed by atoms with Crippen LogP contribution in [0.3, 0.4) is 0 Å². The zero-order chi connectivity index (χ0) is 22.5. The molecule has 9 nitrogen and oxygen atoms in total. The van der Waals surface area contributed by atoms with E-state index in [1.54, 1.807) is 23.3 Å². The number of benzene rings is 1. The number of fused-ring (bicyclic) bond motifs is 6. The van der Waals surface area contributed by atoms with E-state index >= 15 is 0 Å². The summed E-state index contributed by atoms with van der Waals surface area (Å²) in [5.74, 6) is 0.663. The maximum Gasteiger partial charge on any atom is 0.237 e. The van der Waals surface area contributed by atoms with Gasteiger partial charge in [-0.15, -0.1) is 10.2 Å². The van der Waals surface area contributed by atoms with Gasteiger partial charge in [-0.3, -0.25) is 9.13 Å². The lowest BCUT2D eigenvalue weighted by molar-refractivity contribution is 0.0375. The minimum Gasteiger partial charge on any atom is -0.370 e. The highest BCUT2D eigenvalue weighted by Gasteiger charge is 2.41. The molecule has 4 aromatic rings. The van der Waals surface area contributed by atoms with Crippen LogP contribution in [0.4, 0.5) is 14.6 Å².